The number of carbonyl (C=O) groups is 1. The van der Waals surface area contributed by atoms with Crippen molar-refractivity contribution in [3.8, 4) is 0 Å². The van der Waals surface area contributed by atoms with E-state index in [9.17, 15) is 19.3 Å². The molecule has 0 saturated heterocycles. The predicted octanol–water partition coefficient (Wildman–Crippen LogP) is 1.79. The highest BCUT2D eigenvalue weighted by molar-refractivity contribution is 6.41. The number of hydrogen-bond acceptors (Lipinski definition) is 5. The lowest BCUT2D eigenvalue weighted by molar-refractivity contribution is -0.383. The predicted molar refractivity (Wildman–Crippen MR) is 103 cm³/mol. The molecular weight excluding hydrogens is 339 g/mol. The first-order valence-corrected chi connectivity index (χ1v) is 7.99. The standard InChI is InChI=1S/C16H18B2FN3O4/c1-2-26-15(23)20-13-8-7-12(9-14(13)22(24)25)21-16(17,18)10-3-5-11(19)6-4-10/h3-9,21H,2,17-18H2,1H3,(H,20,23). The van der Waals surface area contributed by atoms with Crippen LogP contribution in [0.4, 0.5) is 26.2 Å². The van der Waals surface area contributed by atoms with E-state index in [1.54, 1.807) is 25.1 Å². The third-order valence-corrected chi connectivity index (χ3v) is 3.73. The first-order valence-electron chi connectivity index (χ1n) is 7.99. The molecule has 0 aliphatic heterocycles. The van der Waals surface area contributed by atoms with E-state index in [-0.39, 0.29) is 23.8 Å². The van der Waals surface area contributed by atoms with Gasteiger partial charge in [-0.1, -0.05) is 12.1 Å². The number of hydrogen-bond donors (Lipinski definition) is 2. The second kappa shape index (κ2) is 7.90. The van der Waals surface area contributed by atoms with Crippen LogP contribution in [0.3, 0.4) is 0 Å². The number of amides is 1. The Labute approximate surface area is 151 Å². The summed E-state index contributed by atoms with van der Waals surface area (Å²) in [5.74, 6) is -0.338. The molecule has 0 fully saturated rings. The molecule has 0 radical (unpaired) electrons. The Balaban J connectivity index is 2.27. The highest BCUT2D eigenvalue weighted by Crippen LogP contribution is 2.30. The summed E-state index contributed by atoms with van der Waals surface area (Å²) in [7, 11) is 3.74. The third kappa shape index (κ3) is 4.75. The summed E-state index contributed by atoms with van der Waals surface area (Å²) in [5.41, 5.74) is 1.08. The van der Waals surface area contributed by atoms with Crippen molar-refractivity contribution in [3.05, 3.63) is 64.0 Å². The molecule has 0 saturated carbocycles. The summed E-state index contributed by atoms with van der Waals surface area (Å²) < 4.78 is 17.8. The second-order valence-electron chi connectivity index (χ2n) is 6.09. The van der Waals surface area contributed by atoms with Crippen LogP contribution in [0.2, 0.25) is 0 Å². The van der Waals surface area contributed by atoms with Crippen molar-refractivity contribution in [3.63, 3.8) is 0 Å². The van der Waals surface area contributed by atoms with Gasteiger partial charge in [-0.25, -0.2) is 9.18 Å². The number of carbonyl (C=O) groups excluding carboxylic acids is 1. The lowest BCUT2D eigenvalue weighted by Crippen LogP contribution is -2.36. The SMILES string of the molecule is BC(B)(Nc1ccc(NC(=O)OCC)c([N+](=O)[O-])c1)c1ccc(F)cc1. The Hall–Kier alpha value is -3.03. The van der Waals surface area contributed by atoms with Gasteiger partial charge >= 0.3 is 6.09 Å². The molecule has 0 atom stereocenters. The van der Waals surface area contributed by atoms with Crippen LogP contribution in [0, 0.1) is 15.9 Å². The van der Waals surface area contributed by atoms with Crippen molar-refractivity contribution in [2.24, 2.45) is 0 Å². The Morgan fingerprint density at radius 2 is 1.92 bits per heavy atom. The van der Waals surface area contributed by atoms with E-state index in [0.717, 1.165) is 5.56 Å². The number of ether oxygens (including phenoxy) is 1. The number of rotatable bonds is 6. The van der Waals surface area contributed by atoms with Crippen LogP contribution in [0.1, 0.15) is 12.5 Å². The van der Waals surface area contributed by atoms with Gasteiger partial charge in [-0.3, -0.25) is 15.4 Å². The number of nitrogens with zero attached hydrogens (tertiary/aromatic N) is 1. The zero-order valence-electron chi connectivity index (χ0n) is 14.7. The molecule has 2 aromatic carbocycles. The van der Waals surface area contributed by atoms with Gasteiger partial charge < -0.3 is 10.1 Å². The molecule has 26 heavy (non-hydrogen) atoms. The number of benzene rings is 2. The van der Waals surface area contributed by atoms with E-state index in [1.165, 1.54) is 24.3 Å². The van der Waals surface area contributed by atoms with Crippen molar-refractivity contribution in [1.29, 1.82) is 0 Å². The normalized spacial score (nSPS) is 10.8. The molecule has 0 heterocycles. The molecule has 1 amide bonds. The number of halogens is 1. The molecule has 0 bridgehead atoms. The number of anilines is 2. The van der Waals surface area contributed by atoms with Crippen molar-refractivity contribution >= 4 is 38.8 Å². The van der Waals surface area contributed by atoms with Crippen LogP contribution in [0.5, 0.6) is 0 Å². The molecule has 0 unspecified atom stereocenters. The molecular formula is C16H18B2FN3O4. The van der Waals surface area contributed by atoms with E-state index in [0.29, 0.717) is 5.69 Å². The van der Waals surface area contributed by atoms with E-state index in [1.807, 2.05) is 15.7 Å². The third-order valence-electron chi connectivity index (χ3n) is 3.73. The molecule has 0 aromatic heterocycles. The van der Waals surface area contributed by atoms with Crippen molar-refractivity contribution in [1.82, 2.24) is 0 Å². The van der Waals surface area contributed by atoms with Gasteiger partial charge in [0.15, 0.2) is 0 Å². The molecule has 0 spiro atoms. The van der Waals surface area contributed by atoms with E-state index in [2.05, 4.69) is 10.6 Å². The van der Waals surface area contributed by atoms with Crippen molar-refractivity contribution < 1.29 is 18.8 Å². The number of nitro benzene ring substituents is 1. The summed E-state index contributed by atoms with van der Waals surface area (Å²) >= 11 is 0. The minimum absolute atomic E-state index is 0.0404. The molecule has 2 aromatic rings. The molecule has 2 rings (SSSR count). The Bertz CT molecular complexity index is 816. The van der Waals surface area contributed by atoms with Gasteiger partial charge in [-0.05, 0) is 42.1 Å². The fourth-order valence-electron chi connectivity index (χ4n) is 2.44. The van der Waals surface area contributed by atoms with Crippen molar-refractivity contribution in [2.75, 3.05) is 17.2 Å². The maximum atomic E-state index is 13.1. The molecule has 134 valence electrons. The van der Waals surface area contributed by atoms with Crippen molar-refractivity contribution in [2.45, 2.75) is 12.3 Å². The first-order chi connectivity index (χ1) is 12.2. The quantitative estimate of drug-likeness (QED) is 0.467. The fraction of sp³-hybridized carbons (Fsp3) is 0.188. The summed E-state index contributed by atoms with van der Waals surface area (Å²) in [6, 6.07) is 10.4. The lowest BCUT2D eigenvalue weighted by atomic mass is 9.58. The number of nitro groups is 1. The van der Waals surface area contributed by atoms with Gasteiger partial charge in [0.1, 0.15) is 27.2 Å². The van der Waals surface area contributed by atoms with E-state index >= 15 is 0 Å². The van der Waals surface area contributed by atoms with Crippen LogP contribution in [-0.2, 0) is 10.1 Å². The van der Waals surface area contributed by atoms with Crippen LogP contribution >= 0.6 is 0 Å². The monoisotopic (exact) mass is 357 g/mol. The first kappa shape index (κ1) is 19.3. The molecule has 0 aliphatic rings. The Kier molecular flexibility index (Phi) is 5.86. The summed E-state index contributed by atoms with van der Waals surface area (Å²) in [6.07, 6.45) is -0.761. The molecule has 2 N–H and O–H groups in total. The van der Waals surface area contributed by atoms with E-state index in [4.69, 9.17) is 4.74 Å². The fourth-order valence-corrected chi connectivity index (χ4v) is 2.44. The number of nitrogens with one attached hydrogen (secondary N) is 2. The van der Waals surface area contributed by atoms with Gasteiger partial charge in [-0.2, -0.15) is 0 Å². The summed E-state index contributed by atoms with van der Waals surface area (Å²) in [4.78, 5) is 22.3. The maximum Gasteiger partial charge on any atom is 0.411 e. The maximum absolute atomic E-state index is 13.1. The van der Waals surface area contributed by atoms with Gasteiger partial charge in [0.25, 0.3) is 5.69 Å². The molecule has 10 heteroatoms. The van der Waals surface area contributed by atoms with E-state index < -0.39 is 16.4 Å². The summed E-state index contributed by atoms with van der Waals surface area (Å²) in [5, 5.41) is 16.3. The Morgan fingerprint density at radius 3 is 2.50 bits per heavy atom. The van der Waals surface area contributed by atoms with Crippen LogP contribution < -0.4 is 10.6 Å². The highest BCUT2D eigenvalue weighted by atomic mass is 19.1. The van der Waals surface area contributed by atoms with Gasteiger partial charge in [0, 0.05) is 11.8 Å². The lowest BCUT2D eigenvalue weighted by Gasteiger charge is -2.28. The van der Waals surface area contributed by atoms with Gasteiger partial charge in [-0.15, -0.1) is 0 Å². The average Bonchev–Trinajstić information content (AvgIpc) is 2.56. The highest BCUT2D eigenvalue weighted by Gasteiger charge is 2.23. The smallest absolute Gasteiger partial charge is 0.411 e. The second-order valence-corrected chi connectivity index (χ2v) is 6.09. The van der Waals surface area contributed by atoms with Crippen LogP contribution in [0.15, 0.2) is 42.5 Å². The largest absolute Gasteiger partial charge is 0.450 e. The average molecular weight is 357 g/mol. The molecule has 7 nitrogen and oxygen atoms in total. The topological polar surface area (TPSA) is 93.5 Å². The molecule has 0 aliphatic carbocycles. The Morgan fingerprint density at radius 1 is 1.27 bits per heavy atom. The minimum atomic E-state index is -0.761. The van der Waals surface area contributed by atoms with Gasteiger partial charge in [0.2, 0.25) is 0 Å². The zero-order chi connectivity index (χ0) is 19.3. The minimum Gasteiger partial charge on any atom is -0.450 e. The van der Waals surface area contributed by atoms with Crippen LogP contribution in [-0.4, -0.2) is 33.3 Å². The summed E-state index contributed by atoms with van der Waals surface area (Å²) in [6.45, 7) is 1.80. The van der Waals surface area contributed by atoms with Gasteiger partial charge in [0.05, 0.1) is 11.5 Å². The zero-order valence-corrected chi connectivity index (χ0v) is 14.7. The van der Waals surface area contributed by atoms with Crippen LogP contribution in [0.25, 0.3) is 0 Å².